The SMILES string of the molecule is CCOC(=O)c1cnc2cc(NCCCCl)c(I)cc2c1Cl. The van der Waals surface area contributed by atoms with Crippen molar-refractivity contribution in [3.05, 3.63) is 32.5 Å². The molecule has 118 valence electrons. The molecule has 0 spiro atoms. The minimum Gasteiger partial charge on any atom is -0.462 e. The number of benzene rings is 1. The summed E-state index contributed by atoms with van der Waals surface area (Å²) in [5.41, 5.74) is 1.99. The van der Waals surface area contributed by atoms with Gasteiger partial charge in [-0.15, -0.1) is 11.6 Å². The van der Waals surface area contributed by atoms with Gasteiger partial charge in [-0.25, -0.2) is 4.79 Å². The van der Waals surface area contributed by atoms with Crippen LogP contribution in [0.3, 0.4) is 0 Å². The highest BCUT2D eigenvalue weighted by Crippen LogP contribution is 2.31. The predicted octanol–water partition coefficient (Wildman–Crippen LogP) is 4.71. The van der Waals surface area contributed by atoms with Crippen LogP contribution in [0.4, 0.5) is 5.69 Å². The molecule has 2 rings (SSSR count). The van der Waals surface area contributed by atoms with Crippen molar-refractivity contribution in [1.29, 1.82) is 0 Å². The molecule has 1 aromatic carbocycles. The largest absolute Gasteiger partial charge is 0.462 e. The second-order valence-electron chi connectivity index (χ2n) is 4.52. The molecule has 0 unspecified atom stereocenters. The van der Waals surface area contributed by atoms with Crippen molar-refractivity contribution < 1.29 is 9.53 Å². The fourth-order valence-corrected chi connectivity index (χ4v) is 3.03. The van der Waals surface area contributed by atoms with Gasteiger partial charge in [0.05, 0.1) is 22.7 Å². The van der Waals surface area contributed by atoms with Gasteiger partial charge in [0, 0.05) is 33.3 Å². The molecule has 0 saturated carbocycles. The number of esters is 1. The maximum Gasteiger partial charge on any atom is 0.341 e. The standard InChI is InChI=1S/C15H15Cl2IN2O2/c1-2-22-15(21)10-8-20-12-7-13(19-5-3-4-16)11(18)6-9(12)14(10)17/h6-8,19H,2-5H2,1H3. The van der Waals surface area contributed by atoms with Crippen LogP contribution in [0.1, 0.15) is 23.7 Å². The normalized spacial score (nSPS) is 10.7. The van der Waals surface area contributed by atoms with Gasteiger partial charge in [0.1, 0.15) is 0 Å². The zero-order chi connectivity index (χ0) is 16.1. The van der Waals surface area contributed by atoms with Crippen molar-refractivity contribution in [1.82, 2.24) is 4.98 Å². The van der Waals surface area contributed by atoms with Crippen LogP contribution in [0.5, 0.6) is 0 Å². The summed E-state index contributed by atoms with van der Waals surface area (Å²) >= 11 is 14.2. The summed E-state index contributed by atoms with van der Waals surface area (Å²) in [4.78, 5) is 16.2. The van der Waals surface area contributed by atoms with Gasteiger partial charge in [0.15, 0.2) is 0 Å². The Morgan fingerprint density at radius 2 is 2.23 bits per heavy atom. The summed E-state index contributed by atoms with van der Waals surface area (Å²) in [6.07, 6.45) is 2.34. The number of nitrogens with one attached hydrogen (secondary N) is 1. The van der Waals surface area contributed by atoms with Gasteiger partial charge in [-0.3, -0.25) is 4.98 Å². The van der Waals surface area contributed by atoms with E-state index in [1.807, 2.05) is 12.1 Å². The molecule has 0 aliphatic carbocycles. The second kappa shape index (κ2) is 8.17. The second-order valence-corrected chi connectivity index (χ2v) is 6.44. The molecule has 0 radical (unpaired) electrons. The van der Waals surface area contributed by atoms with Crippen LogP contribution < -0.4 is 5.32 Å². The molecule has 22 heavy (non-hydrogen) atoms. The minimum absolute atomic E-state index is 0.287. The molecule has 2 aromatic rings. The summed E-state index contributed by atoms with van der Waals surface area (Å²) < 4.78 is 5.99. The predicted molar refractivity (Wildman–Crippen MR) is 99.3 cm³/mol. The highest BCUT2D eigenvalue weighted by molar-refractivity contribution is 14.1. The molecule has 0 aliphatic rings. The molecule has 1 heterocycles. The Bertz CT molecular complexity index is 695. The van der Waals surface area contributed by atoms with E-state index in [1.165, 1.54) is 6.20 Å². The maximum atomic E-state index is 11.9. The van der Waals surface area contributed by atoms with E-state index in [0.717, 1.165) is 33.1 Å². The molecule has 0 saturated heterocycles. The van der Waals surface area contributed by atoms with Crippen LogP contribution in [-0.4, -0.2) is 30.0 Å². The molecule has 0 atom stereocenters. The average molecular weight is 453 g/mol. The fourth-order valence-electron chi connectivity index (χ4n) is 1.96. The molecule has 0 amide bonds. The van der Waals surface area contributed by atoms with Gasteiger partial charge in [-0.2, -0.15) is 0 Å². The number of carbonyl (C=O) groups excluding carboxylic acids is 1. The Balaban J connectivity index is 2.40. The zero-order valence-corrected chi connectivity index (χ0v) is 15.6. The maximum absolute atomic E-state index is 11.9. The van der Waals surface area contributed by atoms with Crippen LogP contribution in [0.2, 0.25) is 5.02 Å². The lowest BCUT2D eigenvalue weighted by Gasteiger charge is -2.11. The summed E-state index contributed by atoms with van der Waals surface area (Å²) in [5, 5.41) is 4.42. The summed E-state index contributed by atoms with van der Waals surface area (Å²) in [6.45, 7) is 2.84. The number of hydrogen-bond acceptors (Lipinski definition) is 4. The molecular weight excluding hydrogens is 438 g/mol. The van der Waals surface area contributed by atoms with Gasteiger partial charge < -0.3 is 10.1 Å². The number of pyridine rings is 1. The third-order valence-corrected chi connectivity index (χ3v) is 4.58. The van der Waals surface area contributed by atoms with Gasteiger partial charge in [-0.05, 0) is 48.1 Å². The van der Waals surface area contributed by atoms with Crippen molar-refractivity contribution in [3.8, 4) is 0 Å². The van der Waals surface area contributed by atoms with E-state index in [2.05, 4.69) is 32.9 Å². The number of fused-ring (bicyclic) bond motifs is 1. The molecule has 7 heteroatoms. The van der Waals surface area contributed by atoms with E-state index in [9.17, 15) is 4.79 Å². The topological polar surface area (TPSA) is 51.2 Å². The lowest BCUT2D eigenvalue weighted by molar-refractivity contribution is 0.0526. The smallest absolute Gasteiger partial charge is 0.341 e. The Morgan fingerprint density at radius 1 is 1.45 bits per heavy atom. The Hall–Kier alpha value is -0.790. The first-order valence-corrected chi connectivity index (χ1v) is 8.82. The molecule has 0 aliphatic heterocycles. The summed E-state index contributed by atoms with van der Waals surface area (Å²) in [6, 6.07) is 3.84. The first kappa shape index (κ1) is 17.6. The van der Waals surface area contributed by atoms with Gasteiger partial charge in [0.2, 0.25) is 0 Å². The van der Waals surface area contributed by atoms with Crippen LogP contribution in [0.15, 0.2) is 18.3 Å². The van der Waals surface area contributed by atoms with E-state index in [1.54, 1.807) is 6.92 Å². The number of rotatable bonds is 6. The zero-order valence-electron chi connectivity index (χ0n) is 12.0. The highest BCUT2D eigenvalue weighted by Gasteiger charge is 2.16. The minimum atomic E-state index is -0.457. The first-order chi connectivity index (χ1) is 10.6. The Morgan fingerprint density at radius 3 is 2.91 bits per heavy atom. The van der Waals surface area contributed by atoms with Crippen LogP contribution in [-0.2, 0) is 4.74 Å². The third kappa shape index (κ3) is 3.94. The number of aromatic nitrogens is 1. The van der Waals surface area contributed by atoms with Crippen molar-refractivity contribution in [2.45, 2.75) is 13.3 Å². The third-order valence-electron chi connectivity index (χ3n) is 3.01. The molecule has 1 N–H and O–H groups in total. The lowest BCUT2D eigenvalue weighted by atomic mass is 10.1. The number of ether oxygens (including phenoxy) is 1. The summed E-state index contributed by atoms with van der Waals surface area (Å²) in [5.74, 6) is 0.158. The van der Waals surface area contributed by atoms with Crippen molar-refractivity contribution >= 4 is 68.4 Å². The number of alkyl halides is 1. The van der Waals surface area contributed by atoms with Crippen LogP contribution in [0.25, 0.3) is 10.9 Å². The number of anilines is 1. The highest BCUT2D eigenvalue weighted by atomic mass is 127. The number of carbonyl (C=O) groups is 1. The lowest BCUT2D eigenvalue weighted by Crippen LogP contribution is -2.07. The number of hydrogen-bond donors (Lipinski definition) is 1. The monoisotopic (exact) mass is 452 g/mol. The van der Waals surface area contributed by atoms with E-state index < -0.39 is 5.97 Å². The molecule has 0 bridgehead atoms. The average Bonchev–Trinajstić information content (AvgIpc) is 2.49. The van der Waals surface area contributed by atoms with Gasteiger partial charge in [-0.1, -0.05) is 11.6 Å². The van der Waals surface area contributed by atoms with E-state index in [-0.39, 0.29) is 5.56 Å². The van der Waals surface area contributed by atoms with Crippen LogP contribution in [0, 0.1) is 3.57 Å². The van der Waals surface area contributed by atoms with Crippen molar-refractivity contribution in [2.75, 3.05) is 24.3 Å². The molecular formula is C15H15Cl2IN2O2. The van der Waals surface area contributed by atoms with Crippen LogP contribution >= 0.6 is 45.8 Å². The van der Waals surface area contributed by atoms with Gasteiger partial charge in [0.25, 0.3) is 0 Å². The van der Waals surface area contributed by atoms with E-state index >= 15 is 0 Å². The Labute approximate surface area is 152 Å². The fraction of sp³-hybridized carbons (Fsp3) is 0.333. The van der Waals surface area contributed by atoms with E-state index in [4.69, 9.17) is 27.9 Å². The summed E-state index contributed by atoms with van der Waals surface area (Å²) in [7, 11) is 0. The molecule has 1 aromatic heterocycles. The Kier molecular flexibility index (Phi) is 6.52. The van der Waals surface area contributed by atoms with Crippen molar-refractivity contribution in [2.24, 2.45) is 0 Å². The first-order valence-electron chi connectivity index (χ1n) is 6.83. The molecule has 0 fully saturated rings. The number of halogens is 3. The van der Waals surface area contributed by atoms with Crippen molar-refractivity contribution in [3.63, 3.8) is 0 Å². The van der Waals surface area contributed by atoms with E-state index in [0.29, 0.717) is 17.5 Å². The quantitative estimate of drug-likeness (QED) is 0.298. The number of nitrogens with zero attached hydrogens (tertiary/aromatic N) is 1. The van der Waals surface area contributed by atoms with Gasteiger partial charge >= 0.3 is 5.97 Å². The molecule has 4 nitrogen and oxygen atoms in total.